The molecule has 238 valence electrons. The molecule has 0 radical (unpaired) electrons. The van der Waals surface area contributed by atoms with Gasteiger partial charge in [0.15, 0.2) is 0 Å². The van der Waals surface area contributed by atoms with Crippen molar-refractivity contribution in [3.63, 3.8) is 0 Å². The number of hydrogen-bond acceptors (Lipinski definition) is 1. The number of nitrogens with zero attached hydrogens (tertiary/aromatic N) is 1. The lowest BCUT2D eigenvalue weighted by Gasteiger charge is -2.51. The van der Waals surface area contributed by atoms with Gasteiger partial charge in [0.2, 0.25) is 0 Å². The average molecular weight is 608 g/mol. The summed E-state index contributed by atoms with van der Waals surface area (Å²) in [5, 5.41) is 0. The normalized spacial score (nSPS) is 13.3. The molecule has 0 saturated carbocycles. The van der Waals surface area contributed by atoms with Crippen LogP contribution in [0.15, 0.2) is 133 Å². The lowest BCUT2D eigenvalue weighted by Crippen LogP contribution is -2.44. The van der Waals surface area contributed by atoms with Gasteiger partial charge < -0.3 is 4.90 Å². The van der Waals surface area contributed by atoms with Gasteiger partial charge in [-0.3, -0.25) is 0 Å². The van der Waals surface area contributed by atoms with E-state index in [2.05, 4.69) is 187 Å². The molecule has 1 atom stereocenters. The van der Waals surface area contributed by atoms with E-state index >= 15 is 0 Å². The molecular weight excluding hydrogens is 555 g/mol. The van der Waals surface area contributed by atoms with Crippen molar-refractivity contribution in [2.75, 3.05) is 4.90 Å². The van der Waals surface area contributed by atoms with Crippen LogP contribution in [0.25, 0.3) is 22.3 Å². The fourth-order valence-corrected chi connectivity index (χ4v) is 7.35. The van der Waals surface area contributed by atoms with Gasteiger partial charge in [-0.05, 0) is 99.7 Å². The Balaban J connectivity index is 1.51. The van der Waals surface area contributed by atoms with Crippen molar-refractivity contribution in [2.24, 2.45) is 10.8 Å². The molecule has 0 fully saturated rings. The second kappa shape index (κ2) is 14.1. The van der Waals surface area contributed by atoms with E-state index in [1.807, 2.05) is 0 Å². The van der Waals surface area contributed by atoms with Crippen molar-refractivity contribution in [3.8, 4) is 22.3 Å². The van der Waals surface area contributed by atoms with Crippen molar-refractivity contribution < 1.29 is 0 Å². The van der Waals surface area contributed by atoms with Crippen LogP contribution in [0.1, 0.15) is 86.1 Å². The molecule has 5 aromatic rings. The highest BCUT2D eigenvalue weighted by molar-refractivity contribution is 5.79. The molecule has 0 N–H and O–H groups in total. The smallest absolute Gasteiger partial charge is 0.0462 e. The predicted molar refractivity (Wildman–Crippen MR) is 201 cm³/mol. The quantitative estimate of drug-likeness (QED) is 0.129. The Morgan fingerprint density at radius 2 is 0.870 bits per heavy atom. The summed E-state index contributed by atoms with van der Waals surface area (Å²) in [4.78, 5) is 2.34. The van der Waals surface area contributed by atoms with Crippen molar-refractivity contribution in [2.45, 2.75) is 86.0 Å². The first-order chi connectivity index (χ1) is 22.2. The molecule has 46 heavy (non-hydrogen) atoms. The summed E-state index contributed by atoms with van der Waals surface area (Å²) < 4.78 is 0. The van der Waals surface area contributed by atoms with Gasteiger partial charge in [-0.2, -0.15) is 0 Å². The Morgan fingerprint density at radius 3 is 1.37 bits per heavy atom. The van der Waals surface area contributed by atoms with E-state index in [0.29, 0.717) is 5.41 Å². The molecular formula is C45H53N. The fraction of sp³-hybridized carbons (Fsp3) is 0.333. The lowest BCUT2D eigenvalue weighted by molar-refractivity contribution is 0.0728. The summed E-state index contributed by atoms with van der Waals surface area (Å²) in [5.74, 6) is 0. The third-order valence-electron chi connectivity index (χ3n) is 11.6. The molecule has 0 aliphatic carbocycles. The monoisotopic (exact) mass is 607 g/mol. The molecule has 5 aromatic carbocycles. The summed E-state index contributed by atoms with van der Waals surface area (Å²) in [6.45, 7) is 17.1. The zero-order chi connectivity index (χ0) is 32.8. The summed E-state index contributed by atoms with van der Waals surface area (Å²) in [6.07, 6.45) is 5.95. The van der Waals surface area contributed by atoms with E-state index in [0.717, 1.165) is 17.1 Å². The molecule has 5 rings (SSSR count). The van der Waals surface area contributed by atoms with Crippen LogP contribution in [-0.4, -0.2) is 0 Å². The Bertz CT molecular complexity index is 1660. The molecule has 0 aliphatic rings. The van der Waals surface area contributed by atoms with Gasteiger partial charge in [0.05, 0.1) is 0 Å². The lowest BCUT2D eigenvalue weighted by atomic mass is 9.53. The zero-order valence-corrected chi connectivity index (χ0v) is 29.2. The second-order valence-electron chi connectivity index (χ2n) is 14.0. The first-order valence-corrected chi connectivity index (χ1v) is 17.4. The minimum atomic E-state index is 0.0727. The molecule has 0 heterocycles. The molecule has 0 saturated heterocycles. The van der Waals surface area contributed by atoms with Crippen LogP contribution in [0.5, 0.6) is 0 Å². The molecule has 0 spiro atoms. The van der Waals surface area contributed by atoms with Gasteiger partial charge in [0.25, 0.3) is 0 Å². The van der Waals surface area contributed by atoms with E-state index in [4.69, 9.17) is 0 Å². The van der Waals surface area contributed by atoms with Crippen LogP contribution >= 0.6 is 0 Å². The Hall–Kier alpha value is -4.10. The SMILES string of the molecule is CCC(C)(CC)CC(C)(c1cccc(-c2ccc(N(c3ccccc3)c3ccc(-c4ccccc4)cc3)cc2)c1)C(C)(CC)CC. The first-order valence-electron chi connectivity index (χ1n) is 17.4. The van der Waals surface area contributed by atoms with E-state index < -0.39 is 0 Å². The van der Waals surface area contributed by atoms with Gasteiger partial charge in [-0.15, -0.1) is 0 Å². The molecule has 0 bridgehead atoms. The van der Waals surface area contributed by atoms with Crippen LogP contribution in [0.3, 0.4) is 0 Å². The Morgan fingerprint density at radius 1 is 0.435 bits per heavy atom. The summed E-state index contributed by atoms with van der Waals surface area (Å²) in [7, 11) is 0. The van der Waals surface area contributed by atoms with Crippen LogP contribution < -0.4 is 4.90 Å². The number of para-hydroxylation sites is 1. The highest BCUT2D eigenvalue weighted by atomic mass is 15.1. The number of benzene rings is 5. The van der Waals surface area contributed by atoms with Gasteiger partial charge in [0, 0.05) is 17.1 Å². The standard InChI is InChI=1S/C45H53N/c1-8-43(5,9-2)34-45(7,44(6,10-3)11-4)39-22-18-21-38(33-39)37-27-31-42(32-28-37)46(40-23-16-13-17-24-40)41-29-25-36(26-30-41)35-19-14-12-15-20-35/h12-33H,8-11,34H2,1-7H3. The fourth-order valence-electron chi connectivity index (χ4n) is 7.35. The van der Waals surface area contributed by atoms with E-state index in [-0.39, 0.29) is 10.8 Å². The van der Waals surface area contributed by atoms with Crippen LogP contribution in [0.2, 0.25) is 0 Å². The highest BCUT2D eigenvalue weighted by Gasteiger charge is 2.46. The number of hydrogen-bond donors (Lipinski definition) is 0. The average Bonchev–Trinajstić information content (AvgIpc) is 3.12. The zero-order valence-electron chi connectivity index (χ0n) is 29.2. The van der Waals surface area contributed by atoms with Gasteiger partial charge in [-0.25, -0.2) is 0 Å². The van der Waals surface area contributed by atoms with Crippen molar-refractivity contribution >= 4 is 17.1 Å². The molecule has 1 unspecified atom stereocenters. The van der Waals surface area contributed by atoms with Gasteiger partial charge in [-0.1, -0.05) is 158 Å². The molecule has 0 amide bonds. The molecule has 1 heteroatoms. The third-order valence-corrected chi connectivity index (χ3v) is 11.6. The van der Waals surface area contributed by atoms with Crippen LogP contribution in [0.4, 0.5) is 17.1 Å². The van der Waals surface area contributed by atoms with E-state index in [9.17, 15) is 0 Å². The number of anilines is 3. The highest BCUT2D eigenvalue weighted by Crippen LogP contribution is 2.54. The van der Waals surface area contributed by atoms with Crippen LogP contribution in [0, 0.1) is 10.8 Å². The summed E-state index contributed by atoms with van der Waals surface area (Å²) in [6, 6.07) is 48.7. The van der Waals surface area contributed by atoms with Crippen LogP contribution in [-0.2, 0) is 5.41 Å². The van der Waals surface area contributed by atoms with Gasteiger partial charge in [0.1, 0.15) is 0 Å². The van der Waals surface area contributed by atoms with Gasteiger partial charge >= 0.3 is 0 Å². The first kappa shape index (κ1) is 33.3. The third kappa shape index (κ3) is 6.70. The molecule has 0 aromatic heterocycles. The van der Waals surface area contributed by atoms with E-state index in [1.165, 1.54) is 59.9 Å². The largest absolute Gasteiger partial charge is 0.311 e. The Kier molecular flexibility index (Phi) is 10.2. The van der Waals surface area contributed by atoms with Crippen molar-refractivity contribution in [1.82, 2.24) is 0 Å². The summed E-state index contributed by atoms with van der Waals surface area (Å²) >= 11 is 0. The minimum absolute atomic E-state index is 0.0727. The van der Waals surface area contributed by atoms with Crippen molar-refractivity contribution in [1.29, 1.82) is 0 Å². The van der Waals surface area contributed by atoms with E-state index in [1.54, 1.807) is 0 Å². The maximum Gasteiger partial charge on any atom is 0.0462 e. The maximum absolute atomic E-state index is 2.55. The summed E-state index contributed by atoms with van der Waals surface area (Å²) in [5.41, 5.74) is 10.5. The van der Waals surface area contributed by atoms with Crippen molar-refractivity contribution in [3.05, 3.63) is 139 Å². The minimum Gasteiger partial charge on any atom is -0.311 e. The molecule has 0 aliphatic heterocycles. The predicted octanol–water partition coefficient (Wildman–Crippen LogP) is 13.8. The maximum atomic E-state index is 2.55. The second-order valence-corrected chi connectivity index (χ2v) is 14.0. The topological polar surface area (TPSA) is 3.24 Å². The number of rotatable bonds is 13. The molecule has 1 nitrogen and oxygen atoms in total. The Labute approximate surface area is 279 Å².